The number of carbonyl (C=O) groups is 1. The molecule has 0 spiro atoms. The van der Waals surface area contributed by atoms with Crippen molar-refractivity contribution in [3.05, 3.63) is 40.6 Å². The van der Waals surface area contributed by atoms with Crippen molar-refractivity contribution >= 4 is 26.7 Å². The van der Waals surface area contributed by atoms with Crippen LogP contribution in [0.1, 0.15) is 66.6 Å². The first-order chi connectivity index (χ1) is 13.0. The van der Waals surface area contributed by atoms with E-state index in [0.29, 0.717) is 23.4 Å². The van der Waals surface area contributed by atoms with Crippen molar-refractivity contribution in [1.29, 1.82) is 0 Å². The zero-order valence-electron chi connectivity index (χ0n) is 15.7. The molecule has 1 heterocycles. The van der Waals surface area contributed by atoms with Crippen molar-refractivity contribution in [3.8, 4) is 0 Å². The number of fused-ring (bicyclic) bond motifs is 3. The van der Waals surface area contributed by atoms with Crippen molar-refractivity contribution < 1.29 is 13.2 Å². The Morgan fingerprint density at radius 1 is 1.11 bits per heavy atom. The molecule has 0 saturated heterocycles. The predicted molar refractivity (Wildman–Crippen MR) is 107 cm³/mol. The topological polar surface area (TPSA) is 79.0 Å². The summed E-state index contributed by atoms with van der Waals surface area (Å²) >= 11 is 0. The van der Waals surface area contributed by atoms with Crippen LogP contribution in [-0.2, 0) is 16.4 Å². The van der Waals surface area contributed by atoms with Gasteiger partial charge >= 0.3 is 0 Å². The van der Waals surface area contributed by atoms with Crippen LogP contribution in [0.3, 0.4) is 0 Å². The number of sulfonamides is 1. The number of allylic oxidation sites excluding steroid dienone is 1. The number of aromatic amines is 1. The van der Waals surface area contributed by atoms with Gasteiger partial charge in [-0.2, -0.15) is 0 Å². The van der Waals surface area contributed by atoms with Crippen LogP contribution in [0, 0.1) is 6.92 Å². The Morgan fingerprint density at radius 3 is 2.74 bits per heavy atom. The number of hydrogen-bond acceptors (Lipinski definition) is 3. The summed E-state index contributed by atoms with van der Waals surface area (Å²) in [6.45, 7) is 2.22. The van der Waals surface area contributed by atoms with Gasteiger partial charge in [-0.1, -0.05) is 11.6 Å². The Morgan fingerprint density at radius 2 is 1.96 bits per heavy atom. The Kier molecular flexibility index (Phi) is 4.95. The first-order valence-electron chi connectivity index (χ1n) is 9.82. The van der Waals surface area contributed by atoms with E-state index in [-0.39, 0.29) is 5.78 Å². The van der Waals surface area contributed by atoms with Gasteiger partial charge in [0.05, 0.1) is 4.90 Å². The Hall–Kier alpha value is -1.92. The molecule has 0 radical (unpaired) electrons. The van der Waals surface area contributed by atoms with Crippen LogP contribution in [0.2, 0.25) is 0 Å². The minimum atomic E-state index is -3.58. The number of benzene rings is 1. The van der Waals surface area contributed by atoms with Crippen LogP contribution in [-0.4, -0.2) is 25.7 Å². The van der Waals surface area contributed by atoms with Crippen molar-refractivity contribution in [2.24, 2.45) is 0 Å². The normalized spacial score (nSPS) is 17.8. The second-order valence-corrected chi connectivity index (χ2v) is 9.41. The van der Waals surface area contributed by atoms with Gasteiger partial charge in [-0.05, 0) is 69.6 Å². The van der Waals surface area contributed by atoms with Crippen LogP contribution in [0.5, 0.6) is 0 Å². The lowest BCUT2D eigenvalue weighted by molar-refractivity contribution is 0.0974. The third kappa shape index (κ3) is 3.60. The van der Waals surface area contributed by atoms with E-state index in [9.17, 15) is 13.2 Å². The van der Waals surface area contributed by atoms with Gasteiger partial charge in [-0.15, -0.1) is 0 Å². The molecule has 1 aromatic heterocycles. The standard InChI is InChI=1S/C21H26N2O3S/c1-14-12-16-18(23-17-8-5-9-19(24)21(16)17)13-20(14)27(25,26)22-11-10-15-6-3-2-4-7-15/h6,12-13,22-23H,2-5,7-11H2,1H3. The summed E-state index contributed by atoms with van der Waals surface area (Å²) in [6, 6.07) is 3.52. The Labute approximate surface area is 160 Å². The summed E-state index contributed by atoms with van der Waals surface area (Å²) in [6.07, 6.45) is 9.88. The van der Waals surface area contributed by atoms with Crippen molar-refractivity contribution in [2.45, 2.75) is 63.2 Å². The van der Waals surface area contributed by atoms with E-state index in [1.165, 1.54) is 18.4 Å². The van der Waals surface area contributed by atoms with E-state index < -0.39 is 10.0 Å². The van der Waals surface area contributed by atoms with Gasteiger partial charge in [0.2, 0.25) is 10.0 Å². The van der Waals surface area contributed by atoms with Gasteiger partial charge in [0, 0.05) is 35.1 Å². The molecule has 6 heteroatoms. The number of rotatable bonds is 5. The number of H-pyrrole nitrogens is 1. The smallest absolute Gasteiger partial charge is 0.240 e. The van der Waals surface area contributed by atoms with Gasteiger partial charge < -0.3 is 4.98 Å². The molecule has 5 nitrogen and oxygen atoms in total. The van der Waals surface area contributed by atoms with Gasteiger partial charge in [-0.25, -0.2) is 13.1 Å². The Balaban J connectivity index is 1.59. The average Bonchev–Trinajstić information content (AvgIpc) is 3.00. The summed E-state index contributed by atoms with van der Waals surface area (Å²) in [7, 11) is -3.58. The molecule has 27 heavy (non-hydrogen) atoms. The van der Waals surface area contributed by atoms with Crippen LogP contribution >= 0.6 is 0 Å². The second-order valence-electron chi connectivity index (χ2n) is 7.67. The molecule has 0 bridgehead atoms. The van der Waals surface area contributed by atoms with E-state index in [1.807, 2.05) is 6.07 Å². The SMILES string of the molecule is Cc1cc2c3c([nH]c2cc1S(=O)(=O)NCCC1=CCCCC1)CCCC3=O. The summed E-state index contributed by atoms with van der Waals surface area (Å²) < 4.78 is 28.4. The molecule has 0 unspecified atom stereocenters. The molecule has 2 aliphatic carbocycles. The lowest BCUT2D eigenvalue weighted by atomic mass is 9.94. The van der Waals surface area contributed by atoms with Gasteiger partial charge in [0.1, 0.15) is 0 Å². The van der Waals surface area contributed by atoms with Crippen molar-refractivity contribution in [1.82, 2.24) is 9.71 Å². The van der Waals surface area contributed by atoms with E-state index in [2.05, 4.69) is 15.8 Å². The van der Waals surface area contributed by atoms with E-state index in [0.717, 1.165) is 54.3 Å². The first kappa shape index (κ1) is 18.4. The molecule has 0 atom stereocenters. The summed E-state index contributed by atoms with van der Waals surface area (Å²) in [5.74, 6) is 0.149. The molecular weight excluding hydrogens is 360 g/mol. The highest BCUT2D eigenvalue weighted by atomic mass is 32.2. The van der Waals surface area contributed by atoms with Crippen LogP contribution in [0.25, 0.3) is 10.9 Å². The molecular formula is C21H26N2O3S. The zero-order chi connectivity index (χ0) is 19.0. The number of aromatic nitrogens is 1. The fraction of sp³-hybridized carbons (Fsp3) is 0.476. The number of nitrogens with one attached hydrogen (secondary N) is 2. The molecule has 0 saturated carbocycles. The largest absolute Gasteiger partial charge is 0.358 e. The predicted octanol–water partition coefficient (Wildman–Crippen LogP) is 4.16. The van der Waals surface area contributed by atoms with E-state index >= 15 is 0 Å². The minimum absolute atomic E-state index is 0.149. The summed E-state index contributed by atoms with van der Waals surface area (Å²) in [5, 5.41) is 0.846. The lowest BCUT2D eigenvalue weighted by Gasteiger charge is -2.14. The maximum atomic E-state index is 12.8. The molecule has 0 fully saturated rings. The minimum Gasteiger partial charge on any atom is -0.358 e. The average molecular weight is 387 g/mol. The summed E-state index contributed by atoms with van der Waals surface area (Å²) in [4.78, 5) is 15.9. The number of carbonyl (C=O) groups excluding carboxylic acids is 1. The fourth-order valence-electron chi connectivity index (χ4n) is 4.29. The molecule has 0 aliphatic heterocycles. The fourth-order valence-corrected chi connectivity index (χ4v) is 5.57. The van der Waals surface area contributed by atoms with Crippen molar-refractivity contribution in [3.63, 3.8) is 0 Å². The van der Waals surface area contributed by atoms with Gasteiger partial charge in [-0.3, -0.25) is 4.79 Å². The summed E-state index contributed by atoms with van der Waals surface area (Å²) in [5.41, 5.74) is 4.45. The van der Waals surface area contributed by atoms with E-state index in [1.54, 1.807) is 13.0 Å². The third-order valence-electron chi connectivity index (χ3n) is 5.69. The maximum Gasteiger partial charge on any atom is 0.240 e. The third-order valence-corrected chi connectivity index (χ3v) is 7.30. The quantitative estimate of drug-likeness (QED) is 0.757. The number of hydrogen-bond donors (Lipinski definition) is 2. The van der Waals surface area contributed by atoms with Gasteiger partial charge in [0.15, 0.2) is 5.78 Å². The highest BCUT2D eigenvalue weighted by Gasteiger charge is 2.25. The highest BCUT2D eigenvalue weighted by Crippen LogP contribution is 2.32. The molecule has 2 aliphatic rings. The maximum absolute atomic E-state index is 12.8. The molecule has 4 rings (SSSR count). The zero-order valence-corrected chi connectivity index (χ0v) is 16.5. The molecule has 144 valence electrons. The molecule has 2 aromatic rings. The molecule has 1 aromatic carbocycles. The van der Waals surface area contributed by atoms with Crippen LogP contribution in [0.4, 0.5) is 0 Å². The highest BCUT2D eigenvalue weighted by molar-refractivity contribution is 7.89. The molecule has 0 amide bonds. The van der Waals surface area contributed by atoms with Crippen LogP contribution < -0.4 is 4.72 Å². The number of Topliss-reactive ketones (excluding diaryl/α,β-unsaturated/α-hetero) is 1. The van der Waals surface area contributed by atoms with Crippen LogP contribution in [0.15, 0.2) is 28.7 Å². The first-order valence-corrected chi connectivity index (χ1v) is 11.3. The number of ketones is 1. The lowest BCUT2D eigenvalue weighted by Crippen LogP contribution is -2.26. The molecule has 2 N–H and O–H groups in total. The van der Waals surface area contributed by atoms with Crippen molar-refractivity contribution in [2.75, 3.05) is 6.54 Å². The monoisotopic (exact) mass is 386 g/mol. The Bertz CT molecular complexity index is 1030. The van der Waals surface area contributed by atoms with E-state index in [4.69, 9.17) is 0 Å². The second kappa shape index (κ2) is 7.24. The van der Waals surface area contributed by atoms with Gasteiger partial charge in [0.25, 0.3) is 0 Å². The number of aryl methyl sites for hydroxylation is 2.